The van der Waals surface area contributed by atoms with E-state index in [-0.39, 0.29) is 0 Å². The van der Waals surface area contributed by atoms with Gasteiger partial charge in [-0.1, -0.05) is 30.3 Å². The second kappa shape index (κ2) is 8.24. The minimum Gasteiger partial charge on any atom is -0.389 e. The first kappa shape index (κ1) is 16.2. The second-order valence-corrected chi connectivity index (χ2v) is 6.26. The number of aliphatic hydroxyl groups excluding tert-OH is 1. The number of piperidine rings is 1. The van der Waals surface area contributed by atoms with Crippen molar-refractivity contribution in [1.29, 1.82) is 0 Å². The molecule has 1 saturated heterocycles. The largest absolute Gasteiger partial charge is 0.389 e. The summed E-state index contributed by atoms with van der Waals surface area (Å²) >= 11 is 0. The standard InChI is InChI=1S/C18H25N3O2/c22-18(14-23-13-15-4-2-1-3-5-15)12-21-8-6-16(7-9-21)17-10-19-20-11-17/h1-5,10-11,16,18,22H,6-9,12-14H2,(H,19,20)/t18-/m1/s1. The molecule has 5 heteroatoms. The van der Waals surface area contributed by atoms with Crippen molar-refractivity contribution in [3.05, 3.63) is 53.9 Å². The Balaban J connectivity index is 1.34. The maximum atomic E-state index is 10.1. The van der Waals surface area contributed by atoms with E-state index >= 15 is 0 Å². The van der Waals surface area contributed by atoms with E-state index in [1.54, 1.807) is 0 Å². The van der Waals surface area contributed by atoms with Crippen LogP contribution in [0.15, 0.2) is 42.7 Å². The van der Waals surface area contributed by atoms with Crippen LogP contribution < -0.4 is 0 Å². The Morgan fingerprint density at radius 1 is 1.26 bits per heavy atom. The number of benzene rings is 1. The van der Waals surface area contributed by atoms with E-state index in [1.165, 1.54) is 5.56 Å². The number of likely N-dealkylation sites (tertiary alicyclic amines) is 1. The number of hydrogen-bond donors (Lipinski definition) is 2. The number of ether oxygens (including phenoxy) is 1. The van der Waals surface area contributed by atoms with Gasteiger partial charge in [-0.05, 0) is 43.0 Å². The molecule has 2 heterocycles. The number of H-pyrrole nitrogens is 1. The molecule has 1 aliphatic rings. The molecule has 1 aromatic heterocycles. The SMILES string of the molecule is O[C@@H](COCc1ccccc1)CN1CCC(c2cn[nH]c2)CC1. The Hall–Kier alpha value is -1.69. The van der Waals surface area contributed by atoms with Gasteiger partial charge in [-0.3, -0.25) is 5.10 Å². The molecule has 0 spiro atoms. The number of aromatic amines is 1. The quantitative estimate of drug-likeness (QED) is 0.822. The number of aromatic nitrogens is 2. The van der Waals surface area contributed by atoms with Crippen molar-refractivity contribution in [3.8, 4) is 0 Å². The average Bonchev–Trinajstić information content (AvgIpc) is 3.11. The van der Waals surface area contributed by atoms with Crippen molar-refractivity contribution in [2.24, 2.45) is 0 Å². The molecule has 1 fully saturated rings. The summed E-state index contributed by atoms with van der Waals surface area (Å²) < 4.78 is 5.61. The van der Waals surface area contributed by atoms with Crippen LogP contribution in [0.5, 0.6) is 0 Å². The molecule has 1 atom stereocenters. The van der Waals surface area contributed by atoms with E-state index in [2.05, 4.69) is 15.1 Å². The van der Waals surface area contributed by atoms with Crippen LogP contribution in [0.2, 0.25) is 0 Å². The normalized spacial score (nSPS) is 18.1. The lowest BCUT2D eigenvalue weighted by molar-refractivity contribution is 0.00622. The highest BCUT2D eigenvalue weighted by atomic mass is 16.5. The molecule has 2 aromatic rings. The van der Waals surface area contributed by atoms with Gasteiger partial charge in [0.25, 0.3) is 0 Å². The van der Waals surface area contributed by atoms with Crippen molar-refractivity contribution in [1.82, 2.24) is 15.1 Å². The molecule has 124 valence electrons. The van der Waals surface area contributed by atoms with Crippen molar-refractivity contribution < 1.29 is 9.84 Å². The van der Waals surface area contributed by atoms with Crippen LogP contribution in [0.1, 0.15) is 29.9 Å². The van der Waals surface area contributed by atoms with Crippen molar-refractivity contribution in [2.75, 3.05) is 26.2 Å². The third kappa shape index (κ3) is 4.89. The van der Waals surface area contributed by atoms with Gasteiger partial charge in [-0.25, -0.2) is 0 Å². The predicted molar refractivity (Wildman–Crippen MR) is 89.1 cm³/mol. The molecule has 0 bridgehead atoms. The van der Waals surface area contributed by atoms with Crippen LogP contribution in [0.3, 0.4) is 0 Å². The number of rotatable bonds is 7. The van der Waals surface area contributed by atoms with Gasteiger partial charge in [0.2, 0.25) is 0 Å². The summed E-state index contributed by atoms with van der Waals surface area (Å²) in [7, 11) is 0. The smallest absolute Gasteiger partial charge is 0.0900 e. The first-order valence-electron chi connectivity index (χ1n) is 8.32. The van der Waals surface area contributed by atoms with Crippen LogP contribution in [-0.4, -0.2) is 52.5 Å². The Bertz CT molecular complexity index is 551. The van der Waals surface area contributed by atoms with Crippen LogP contribution in [0.4, 0.5) is 0 Å². The van der Waals surface area contributed by atoms with E-state index in [4.69, 9.17) is 4.74 Å². The molecular weight excluding hydrogens is 290 g/mol. The predicted octanol–water partition coefficient (Wildman–Crippen LogP) is 2.17. The highest BCUT2D eigenvalue weighted by Crippen LogP contribution is 2.27. The fourth-order valence-corrected chi connectivity index (χ4v) is 3.17. The Morgan fingerprint density at radius 3 is 2.74 bits per heavy atom. The summed E-state index contributed by atoms with van der Waals surface area (Å²) in [6.45, 7) is 3.67. The lowest BCUT2D eigenvalue weighted by Gasteiger charge is -2.32. The zero-order valence-electron chi connectivity index (χ0n) is 13.4. The Labute approximate surface area is 137 Å². The molecule has 0 amide bonds. The summed E-state index contributed by atoms with van der Waals surface area (Å²) in [4.78, 5) is 2.33. The molecule has 1 aromatic carbocycles. The van der Waals surface area contributed by atoms with Crippen molar-refractivity contribution >= 4 is 0 Å². The first-order valence-corrected chi connectivity index (χ1v) is 8.32. The number of hydrogen-bond acceptors (Lipinski definition) is 4. The fraction of sp³-hybridized carbons (Fsp3) is 0.500. The van der Waals surface area contributed by atoms with Gasteiger partial charge in [0.15, 0.2) is 0 Å². The number of aliphatic hydroxyl groups is 1. The number of nitrogens with zero attached hydrogens (tertiary/aromatic N) is 2. The topological polar surface area (TPSA) is 61.4 Å². The van der Waals surface area contributed by atoms with E-state index in [1.807, 2.05) is 42.7 Å². The van der Waals surface area contributed by atoms with Crippen LogP contribution in [0, 0.1) is 0 Å². The molecule has 5 nitrogen and oxygen atoms in total. The average molecular weight is 315 g/mol. The summed E-state index contributed by atoms with van der Waals surface area (Å²) in [5.74, 6) is 0.594. The van der Waals surface area contributed by atoms with E-state index in [0.29, 0.717) is 25.7 Å². The molecule has 1 aliphatic heterocycles. The highest BCUT2D eigenvalue weighted by Gasteiger charge is 2.22. The lowest BCUT2D eigenvalue weighted by atomic mass is 9.91. The van der Waals surface area contributed by atoms with Crippen molar-refractivity contribution in [3.63, 3.8) is 0 Å². The highest BCUT2D eigenvalue weighted by molar-refractivity contribution is 5.13. The summed E-state index contributed by atoms with van der Waals surface area (Å²) in [5.41, 5.74) is 2.44. The maximum absolute atomic E-state index is 10.1. The summed E-state index contributed by atoms with van der Waals surface area (Å²) in [5, 5.41) is 17.1. The molecular formula is C18H25N3O2. The number of nitrogens with one attached hydrogen (secondary N) is 1. The molecule has 0 aliphatic carbocycles. The lowest BCUT2D eigenvalue weighted by Crippen LogP contribution is -2.39. The Kier molecular flexibility index (Phi) is 5.80. The third-order valence-electron chi connectivity index (χ3n) is 4.47. The fourth-order valence-electron chi connectivity index (χ4n) is 3.17. The Morgan fingerprint density at radius 2 is 2.04 bits per heavy atom. The van der Waals surface area contributed by atoms with Gasteiger partial charge >= 0.3 is 0 Å². The monoisotopic (exact) mass is 315 g/mol. The zero-order chi connectivity index (χ0) is 15.9. The molecule has 2 N–H and O–H groups in total. The molecule has 23 heavy (non-hydrogen) atoms. The zero-order valence-corrected chi connectivity index (χ0v) is 13.4. The van der Waals surface area contributed by atoms with Gasteiger partial charge in [-0.2, -0.15) is 5.10 Å². The minimum absolute atomic E-state index is 0.385. The number of β-amino-alcohol motifs (C(OH)–C–C–N with tert-alkyl or cyclic N) is 1. The summed E-state index contributed by atoms with van der Waals surface area (Å²) in [6, 6.07) is 10.1. The molecule has 3 rings (SSSR count). The van der Waals surface area contributed by atoms with Gasteiger partial charge in [-0.15, -0.1) is 0 Å². The summed E-state index contributed by atoms with van der Waals surface area (Å²) in [6.07, 6.45) is 5.73. The minimum atomic E-state index is -0.427. The van der Waals surface area contributed by atoms with Crippen LogP contribution >= 0.6 is 0 Å². The van der Waals surface area contributed by atoms with E-state index in [9.17, 15) is 5.11 Å². The maximum Gasteiger partial charge on any atom is 0.0900 e. The van der Waals surface area contributed by atoms with Crippen LogP contribution in [0.25, 0.3) is 0 Å². The molecule has 0 radical (unpaired) electrons. The molecule has 0 saturated carbocycles. The third-order valence-corrected chi connectivity index (χ3v) is 4.47. The van der Waals surface area contributed by atoms with Gasteiger partial charge in [0, 0.05) is 12.7 Å². The van der Waals surface area contributed by atoms with Crippen LogP contribution in [-0.2, 0) is 11.3 Å². The molecule has 0 unspecified atom stereocenters. The van der Waals surface area contributed by atoms with Gasteiger partial charge < -0.3 is 14.7 Å². The van der Waals surface area contributed by atoms with E-state index in [0.717, 1.165) is 31.5 Å². The first-order chi connectivity index (χ1) is 11.3. The van der Waals surface area contributed by atoms with Crippen molar-refractivity contribution in [2.45, 2.75) is 31.5 Å². The second-order valence-electron chi connectivity index (χ2n) is 6.26. The van der Waals surface area contributed by atoms with E-state index < -0.39 is 6.10 Å². The van der Waals surface area contributed by atoms with Gasteiger partial charge in [0.05, 0.1) is 25.5 Å². The van der Waals surface area contributed by atoms with Gasteiger partial charge in [0.1, 0.15) is 0 Å².